The van der Waals surface area contributed by atoms with Crippen molar-refractivity contribution in [3.05, 3.63) is 35.2 Å². The van der Waals surface area contributed by atoms with Crippen molar-refractivity contribution in [2.45, 2.75) is 12.8 Å². The van der Waals surface area contributed by atoms with Gasteiger partial charge in [0.15, 0.2) is 11.6 Å². The molecule has 2 nitrogen and oxygen atoms in total. The molecule has 0 unspecified atom stereocenters. The Bertz CT molecular complexity index is 471. The van der Waals surface area contributed by atoms with Gasteiger partial charge in [-0.15, -0.1) is 0 Å². The van der Waals surface area contributed by atoms with Gasteiger partial charge in [0.05, 0.1) is 13.2 Å². The molecular formula is C12H10FNO. The Balaban J connectivity index is 2.55. The van der Waals surface area contributed by atoms with Gasteiger partial charge in [-0.05, 0) is 41.7 Å². The van der Waals surface area contributed by atoms with Crippen molar-refractivity contribution in [3.8, 4) is 11.8 Å². The van der Waals surface area contributed by atoms with E-state index >= 15 is 0 Å². The highest BCUT2D eigenvalue weighted by Gasteiger charge is 2.19. The van der Waals surface area contributed by atoms with Gasteiger partial charge >= 0.3 is 0 Å². The van der Waals surface area contributed by atoms with Crippen LogP contribution in [0.5, 0.6) is 5.75 Å². The van der Waals surface area contributed by atoms with E-state index in [1.807, 2.05) is 6.07 Å². The van der Waals surface area contributed by atoms with Crippen LogP contribution in [0.4, 0.5) is 4.39 Å². The fraction of sp³-hybridized carbons (Fsp3) is 0.250. The number of halogens is 1. The highest BCUT2D eigenvalue weighted by atomic mass is 19.1. The SMILES string of the molecule is COc1cc2c(cc1F)CCC2=CC#N. The van der Waals surface area contributed by atoms with Crippen molar-refractivity contribution in [1.29, 1.82) is 5.26 Å². The number of methoxy groups -OCH3 is 1. The highest BCUT2D eigenvalue weighted by Crippen LogP contribution is 2.35. The Morgan fingerprint density at radius 1 is 1.47 bits per heavy atom. The molecule has 0 radical (unpaired) electrons. The molecule has 2 rings (SSSR count). The molecule has 0 fully saturated rings. The lowest BCUT2D eigenvalue weighted by Gasteiger charge is -2.05. The molecule has 1 aliphatic carbocycles. The van der Waals surface area contributed by atoms with Crippen molar-refractivity contribution >= 4 is 5.57 Å². The topological polar surface area (TPSA) is 33.0 Å². The smallest absolute Gasteiger partial charge is 0.165 e. The van der Waals surface area contributed by atoms with E-state index in [0.29, 0.717) is 0 Å². The molecule has 0 aliphatic heterocycles. The fourth-order valence-electron chi connectivity index (χ4n) is 1.89. The van der Waals surface area contributed by atoms with E-state index < -0.39 is 0 Å². The van der Waals surface area contributed by atoms with Gasteiger partial charge in [-0.2, -0.15) is 5.26 Å². The number of nitrogens with zero attached hydrogens (tertiary/aromatic N) is 1. The summed E-state index contributed by atoms with van der Waals surface area (Å²) in [5.74, 6) is -0.103. The molecule has 0 aromatic heterocycles. The molecule has 3 heteroatoms. The summed E-state index contributed by atoms with van der Waals surface area (Å²) in [6.45, 7) is 0. The molecule has 0 saturated heterocycles. The van der Waals surface area contributed by atoms with Gasteiger partial charge in [-0.3, -0.25) is 0 Å². The zero-order valence-corrected chi connectivity index (χ0v) is 8.38. The van der Waals surface area contributed by atoms with Crippen LogP contribution in [-0.2, 0) is 6.42 Å². The van der Waals surface area contributed by atoms with Gasteiger partial charge < -0.3 is 4.74 Å². The molecule has 0 heterocycles. The van der Waals surface area contributed by atoms with Crippen molar-refractivity contribution in [1.82, 2.24) is 0 Å². The zero-order chi connectivity index (χ0) is 10.8. The molecule has 15 heavy (non-hydrogen) atoms. The van der Waals surface area contributed by atoms with Crippen molar-refractivity contribution in [2.75, 3.05) is 7.11 Å². The van der Waals surface area contributed by atoms with E-state index in [4.69, 9.17) is 10.00 Å². The number of fused-ring (bicyclic) bond motifs is 1. The summed E-state index contributed by atoms with van der Waals surface area (Å²) >= 11 is 0. The highest BCUT2D eigenvalue weighted by molar-refractivity contribution is 5.75. The van der Waals surface area contributed by atoms with Gasteiger partial charge in [0.1, 0.15) is 0 Å². The number of hydrogen-bond donors (Lipinski definition) is 0. The lowest BCUT2D eigenvalue weighted by atomic mass is 10.1. The van der Waals surface area contributed by atoms with Crippen LogP contribution in [0.1, 0.15) is 17.5 Å². The summed E-state index contributed by atoms with van der Waals surface area (Å²) in [7, 11) is 1.44. The van der Waals surface area contributed by atoms with E-state index in [2.05, 4.69) is 0 Å². The summed E-state index contributed by atoms with van der Waals surface area (Å²) in [5, 5.41) is 8.60. The second-order valence-electron chi connectivity index (χ2n) is 3.44. The first-order chi connectivity index (χ1) is 7.26. The molecule has 0 atom stereocenters. The summed E-state index contributed by atoms with van der Waals surface area (Å²) in [4.78, 5) is 0. The largest absolute Gasteiger partial charge is 0.494 e. The maximum absolute atomic E-state index is 13.3. The number of allylic oxidation sites excluding steroid dienone is 2. The first kappa shape index (κ1) is 9.72. The maximum Gasteiger partial charge on any atom is 0.165 e. The first-order valence-electron chi connectivity index (χ1n) is 4.71. The second-order valence-corrected chi connectivity index (χ2v) is 3.44. The predicted molar refractivity (Wildman–Crippen MR) is 54.9 cm³/mol. The van der Waals surface area contributed by atoms with Gasteiger partial charge in [-0.25, -0.2) is 4.39 Å². The monoisotopic (exact) mass is 203 g/mol. The Morgan fingerprint density at radius 2 is 2.27 bits per heavy atom. The predicted octanol–water partition coefficient (Wildman–Crippen LogP) is 2.69. The summed E-state index contributed by atoms with van der Waals surface area (Å²) in [6, 6.07) is 5.17. The molecule has 0 saturated carbocycles. The molecule has 0 spiro atoms. The number of benzene rings is 1. The molecule has 1 aromatic rings. The van der Waals surface area contributed by atoms with Crippen molar-refractivity contribution in [2.24, 2.45) is 0 Å². The third-order valence-corrected chi connectivity index (χ3v) is 2.63. The Hall–Kier alpha value is -1.82. The van der Waals surface area contributed by atoms with Crippen LogP contribution >= 0.6 is 0 Å². The summed E-state index contributed by atoms with van der Waals surface area (Å²) < 4.78 is 18.3. The van der Waals surface area contributed by atoms with E-state index in [-0.39, 0.29) is 11.6 Å². The minimum Gasteiger partial charge on any atom is -0.494 e. The van der Waals surface area contributed by atoms with Gasteiger partial charge in [0.2, 0.25) is 0 Å². The van der Waals surface area contributed by atoms with Crippen LogP contribution in [0.15, 0.2) is 18.2 Å². The second kappa shape index (κ2) is 3.74. The quantitative estimate of drug-likeness (QED) is 0.657. The maximum atomic E-state index is 13.3. The van der Waals surface area contributed by atoms with Crippen molar-refractivity contribution < 1.29 is 9.13 Å². The Morgan fingerprint density at radius 3 is 2.93 bits per heavy atom. The van der Waals surface area contributed by atoms with Gasteiger partial charge in [0, 0.05) is 6.08 Å². The molecule has 0 amide bonds. The van der Waals surface area contributed by atoms with E-state index in [0.717, 1.165) is 29.5 Å². The molecule has 0 bridgehead atoms. The number of aryl methyl sites for hydroxylation is 1. The fourth-order valence-corrected chi connectivity index (χ4v) is 1.89. The summed E-state index contributed by atoms with van der Waals surface area (Å²) in [6.07, 6.45) is 3.11. The minimum absolute atomic E-state index is 0.236. The van der Waals surface area contributed by atoms with Crippen LogP contribution in [0, 0.1) is 17.1 Å². The third kappa shape index (κ3) is 1.59. The van der Waals surface area contributed by atoms with Crippen molar-refractivity contribution in [3.63, 3.8) is 0 Å². The first-order valence-corrected chi connectivity index (χ1v) is 4.71. The molecule has 1 aliphatic rings. The number of hydrogen-bond acceptors (Lipinski definition) is 2. The van der Waals surface area contributed by atoms with E-state index in [1.165, 1.54) is 19.3 Å². The average Bonchev–Trinajstić information content (AvgIpc) is 2.60. The van der Waals surface area contributed by atoms with Crippen LogP contribution in [-0.4, -0.2) is 7.11 Å². The lowest BCUT2D eigenvalue weighted by Crippen LogP contribution is -1.91. The Labute approximate surface area is 87.6 Å². The zero-order valence-electron chi connectivity index (χ0n) is 8.38. The van der Waals surface area contributed by atoms with Crippen LogP contribution in [0.25, 0.3) is 5.57 Å². The average molecular weight is 203 g/mol. The number of rotatable bonds is 1. The minimum atomic E-state index is -0.338. The van der Waals surface area contributed by atoms with Crippen LogP contribution < -0.4 is 4.74 Å². The van der Waals surface area contributed by atoms with E-state index in [1.54, 1.807) is 6.07 Å². The number of nitriles is 1. The lowest BCUT2D eigenvalue weighted by molar-refractivity contribution is 0.386. The van der Waals surface area contributed by atoms with E-state index in [9.17, 15) is 4.39 Å². The molecule has 0 N–H and O–H groups in total. The standard InChI is InChI=1S/C12H10FNO/c1-15-12-7-10-8(4-5-14)2-3-9(10)6-11(12)13/h4,6-7H,2-3H2,1H3. The Kier molecular flexibility index (Phi) is 2.42. The summed E-state index contributed by atoms with van der Waals surface area (Å²) in [5.41, 5.74) is 2.86. The van der Waals surface area contributed by atoms with Gasteiger partial charge in [-0.1, -0.05) is 0 Å². The third-order valence-electron chi connectivity index (χ3n) is 2.63. The molecule has 76 valence electrons. The molecule has 1 aromatic carbocycles. The molecular weight excluding hydrogens is 193 g/mol. The van der Waals surface area contributed by atoms with Gasteiger partial charge in [0.25, 0.3) is 0 Å². The van der Waals surface area contributed by atoms with Crippen LogP contribution in [0.3, 0.4) is 0 Å². The normalized spacial score (nSPS) is 16.2. The van der Waals surface area contributed by atoms with Crippen LogP contribution in [0.2, 0.25) is 0 Å². The number of ether oxygens (including phenoxy) is 1.